The number of fused-ring (bicyclic) bond motifs is 2. The Balaban J connectivity index is 0.000000278. The second kappa shape index (κ2) is 21.0. The fourth-order valence-corrected chi connectivity index (χ4v) is 8.65. The number of thioether (sulfide) groups is 2. The first-order valence-corrected chi connectivity index (χ1v) is 18.8. The Bertz CT molecular complexity index is 1280. The summed E-state index contributed by atoms with van der Waals surface area (Å²) in [5, 5.41) is 17.6. The number of hydrogen-bond donors (Lipinski definition) is 6. The first-order chi connectivity index (χ1) is 24.0. The summed E-state index contributed by atoms with van der Waals surface area (Å²) < 4.78 is 10.6. The number of ketones is 1. The predicted molar refractivity (Wildman–Crippen MR) is 186 cm³/mol. The molecule has 0 aromatic heterocycles. The van der Waals surface area contributed by atoms with E-state index in [-0.39, 0.29) is 111 Å². The highest BCUT2D eigenvalue weighted by atomic mass is 32.2. The van der Waals surface area contributed by atoms with Crippen molar-refractivity contribution in [2.45, 2.75) is 94.0 Å². The molecule has 0 spiro atoms. The maximum atomic E-state index is 12.0. The summed E-state index contributed by atoms with van der Waals surface area (Å²) in [4.78, 5) is 96.5. The van der Waals surface area contributed by atoms with Crippen LogP contribution in [0.4, 0.5) is 9.59 Å². The number of nitrogens with zero attached hydrogens (tertiary/aromatic N) is 1. The Morgan fingerprint density at radius 1 is 0.725 bits per heavy atom. The number of rotatable bonds is 18. The molecule has 51 heavy (non-hydrogen) atoms. The SMILES string of the molecule is C.CCC(=O)CCOCCNC(=O)CC1SC[C@@H]2NC(=O)N[C@H]12.O=C(CC1SC[C@@H]2NC(=O)N[C@H]12)NCCOCCC(=O)ON1C(=O)CCC1=O. The quantitative estimate of drug-likeness (QED) is 0.0580. The molecule has 8 amide bonds. The van der Waals surface area contributed by atoms with Crippen molar-refractivity contribution in [1.29, 1.82) is 0 Å². The van der Waals surface area contributed by atoms with Crippen molar-refractivity contribution in [3.8, 4) is 0 Å². The number of nitrogens with one attached hydrogen (secondary N) is 6. The highest BCUT2D eigenvalue weighted by Crippen LogP contribution is 2.32. The molecule has 286 valence electrons. The largest absolute Gasteiger partial charge is 0.379 e. The Morgan fingerprint density at radius 2 is 1.20 bits per heavy atom. The lowest BCUT2D eigenvalue weighted by molar-refractivity contribution is -0.198. The van der Waals surface area contributed by atoms with Crippen LogP contribution in [0.1, 0.15) is 59.3 Å². The van der Waals surface area contributed by atoms with Crippen LogP contribution < -0.4 is 31.9 Å². The van der Waals surface area contributed by atoms with Gasteiger partial charge in [-0.05, 0) is 0 Å². The number of amides is 8. The molecule has 5 rings (SSSR count). The Labute approximate surface area is 305 Å². The molecule has 0 radical (unpaired) electrons. The maximum Gasteiger partial charge on any atom is 0.335 e. The van der Waals surface area contributed by atoms with Gasteiger partial charge in [0, 0.05) is 73.6 Å². The molecule has 20 heteroatoms. The van der Waals surface area contributed by atoms with E-state index < -0.39 is 17.8 Å². The first kappa shape index (κ1) is 41.8. The maximum absolute atomic E-state index is 12.0. The van der Waals surface area contributed by atoms with Crippen molar-refractivity contribution in [1.82, 2.24) is 37.0 Å². The van der Waals surface area contributed by atoms with E-state index in [9.17, 15) is 38.4 Å². The Kier molecular flexibility index (Phi) is 17.2. The standard InChI is InChI=1S/C16H22N4O7S.C14H23N3O4S.CH4/c21-11(7-10-15-9(8-28-10)18-16(25)19-15)17-4-6-26-5-3-14(24)27-20-12(22)1-2-13(20)23;1-2-9(18)3-5-21-6-4-15-12(19)7-11-13-10(8-22-11)16-14(20)17-13;/h9-10,15H,1-8H2,(H,17,21)(H2,18,19,25);10-11,13H,2-8H2,1H3,(H,15,19)(H2,16,17,20);1H4/t9-,10?,15-;10-,11?,13-;/m00./s1. The predicted octanol–water partition coefficient (Wildman–Crippen LogP) is -0.648. The van der Waals surface area contributed by atoms with Crippen molar-refractivity contribution >= 4 is 71.0 Å². The van der Waals surface area contributed by atoms with E-state index in [0.717, 1.165) is 11.5 Å². The zero-order valence-electron chi connectivity index (χ0n) is 27.8. The molecule has 5 saturated heterocycles. The van der Waals surface area contributed by atoms with Gasteiger partial charge in [0.15, 0.2) is 0 Å². The van der Waals surface area contributed by atoms with Crippen molar-refractivity contribution in [3.05, 3.63) is 0 Å². The summed E-state index contributed by atoms with van der Waals surface area (Å²) in [7, 11) is 0. The number of carbonyl (C=O) groups is 8. The van der Waals surface area contributed by atoms with Gasteiger partial charge in [-0.1, -0.05) is 14.4 Å². The monoisotopic (exact) mass is 759 g/mol. The van der Waals surface area contributed by atoms with Gasteiger partial charge in [0.2, 0.25) is 11.8 Å². The number of hydroxylamine groups is 2. The molecular weight excluding hydrogens is 711 g/mol. The van der Waals surface area contributed by atoms with Crippen LogP contribution in [0.2, 0.25) is 0 Å². The summed E-state index contributed by atoms with van der Waals surface area (Å²) in [6, 6.07) is -0.111. The minimum atomic E-state index is -0.729. The summed E-state index contributed by atoms with van der Waals surface area (Å²) in [6.07, 6.45) is 1.64. The molecule has 0 saturated carbocycles. The number of imide groups is 1. The van der Waals surface area contributed by atoms with Gasteiger partial charge in [-0.25, -0.2) is 14.4 Å². The van der Waals surface area contributed by atoms with E-state index in [1.165, 1.54) is 0 Å². The van der Waals surface area contributed by atoms with Gasteiger partial charge in [-0.2, -0.15) is 23.5 Å². The van der Waals surface area contributed by atoms with Gasteiger partial charge in [0.05, 0.1) is 57.0 Å². The van der Waals surface area contributed by atoms with E-state index in [1.807, 2.05) is 6.92 Å². The van der Waals surface area contributed by atoms with E-state index in [4.69, 9.17) is 14.3 Å². The third-order valence-corrected chi connectivity index (χ3v) is 11.2. The molecule has 2 unspecified atom stereocenters. The smallest absolute Gasteiger partial charge is 0.335 e. The molecule has 5 aliphatic rings. The molecule has 0 aliphatic carbocycles. The molecule has 5 heterocycles. The fourth-order valence-electron chi connectivity index (χ4n) is 5.69. The number of hydrogen-bond acceptors (Lipinski definition) is 13. The van der Waals surface area contributed by atoms with Crippen LogP contribution in [0.5, 0.6) is 0 Å². The normalized spacial score (nSPS) is 25.6. The van der Waals surface area contributed by atoms with Gasteiger partial charge >= 0.3 is 18.0 Å². The van der Waals surface area contributed by atoms with E-state index >= 15 is 0 Å². The number of carbonyl (C=O) groups excluding carboxylic acids is 8. The Hall–Kier alpha value is -3.62. The highest BCUT2D eigenvalue weighted by Gasteiger charge is 2.44. The second-order valence-corrected chi connectivity index (χ2v) is 14.6. The van der Waals surface area contributed by atoms with Gasteiger partial charge in [0.1, 0.15) is 5.78 Å². The zero-order valence-corrected chi connectivity index (χ0v) is 29.5. The van der Waals surface area contributed by atoms with Gasteiger partial charge < -0.3 is 46.2 Å². The molecular formula is C31H49N7O11S2. The molecule has 0 bridgehead atoms. The zero-order chi connectivity index (χ0) is 36.0. The van der Waals surface area contributed by atoms with Crippen molar-refractivity contribution < 1.29 is 52.7 Å². The fraction of sp³-hybridized carbons (Fsp3) is 0.742. The molecule has 18 nitrogen and oxygen atoms in total. The van der Waals surface area contributed by atoms with Crippen LogP contribution in [0.25, 0.3) is 0 Å². The van der Waals surface area contributed by atoms with Crippen LogP contribution in [-0.4, -0.2) is 138 Å². The number of ether oxygens (including phenoxy) is 2. The van der Waals surface area contributed by atoms with Crippen LogP contribution in [0.3, 0.4) is 0 Å². The lowest BCUT2D eigenvalue weighted by Gasteiger charge is -2.16. The summed E-state index contributed by atoms with van der Waals surface area (Å²) in [6.45, 7) is 3.62. The van der Waals surface area contributed by atoms with Crippen LogP contribution in [0.15, 0.2) is 0 Å². The summed E-state index contributed by atoms with van der Waals surface area (Å²) in [5.41, 5.74) is 0. The molecule has 0 aromatic carbocycles. The average Bonchev–Trinajstić information content (AvgIpc) is 3.89. The molecule has 0 aromatic rings. The second-order valence-electron chi connectivity index (χ2n) is 12.0. The molecule has 6 atom stereocenters. The van der Waals surface area contributed by atoms with E-state index in [2.05, 4.69) is 31.9 Å². The van der Waals surface area contributed by atoms with Gasteiger partial charge in [0.25, 0.3) is 11.8 Å². The third kappa shape index (κ3) is 13.1. The van der Waals surface area contributed by atoms with Crippen LogP contribution >= 0.6 is 23.5 Å². The lowest BCUT2D eigenvalue weighted by atomic mass is 10.1. The first-order valence-electron chi connectivity index (χ1n) is 16.7. The minimum absolute atomic E-state index is 0. The van der Waals surface area contributed by atoms with Crippen LogP contribution in [0, 0.1) is 0 Å². The summed E-state index contributed by atoms with van der Waals surface area (Å²) in [5.74, 6) is -0.133. The molecule has 5 aliphatic heterocycles. The van der Waals surface area contributed by atoms with Crippen molar-refractivity contribution in [2.24, 2.45) is 0 Å². The Morgan fingerprint density at radius 3 is 1.67 bits per heavy atom. The molecule has 5 fully saturated rings. The summed E-state index contributed by atoms with van der Waals surface area (Å²) >= 11 is 3.37. The minimum Gasteiger partial charge on any atom is -0.379 e. The molecule has 6 N–H and O–H groups in total. The third-order valence-electron chi connectivity index (χ3n) is 8.36. The highest BCUT2D eigenvalue weighted by molar-refractivity contribution is 8.00. The van der Waals surface area contributed by atoms with Crippen LogP contribution in [-0.2, 0) is 43.1 Å². The van der Waals surface area contributed by atoms with E-state index in [0.29, 0.717) is 50.5 Å². The van der Waals surface area contributed by atoms with E-state index in [1.54, 1.807) is 23.5 Å². The average molecular weight is 760 g/mol. The van der Waals surface area contributed by atoms with Crippen molar-refractivity contribution in [2.75, 3.05) is 51.0 Å². The lowest BCUT2D eigenvalue weighted by Crippen LogP contribution is -2.40. The van der Waals surface area contributed by atoms with Gasteiger partial charge in [-0.15, -0.1) is 5.06 Å². The number of urea groups is 2. The van der Waals surface area contributed by atoms with Gasteiger partial charge in [-0.3, -0.25) is 24.0 Å². The topological polar surface area (TPSA) is 240 Å². The van der Waals surface area contributed by atoms with Crippen molar-refractivity contribution in [3.63, 3.8) is 0 Å². The number of Topliss-reactive ketones (excluding diaryl/α,β-unsaturated/α-hetero) is 1.